The van der Waals surface area contributed by atoms with Crippen LogP contribution in [0.4, 0.5) is 0 Å². The molecule has 0 unspecified atom stereocenters. The quantitative estimate of drug-likeness (QED) is 0.815. The molecule has 1 aromatic heterocycles. The zero-order valence-electron chi connectivity index (χ0n) is 9.05. The first-order valence-electron chi connectivity index (χ1n) is 4.67. The normalized spacial score (nSPS) is 11.5. The van der Waals surface area contributed by atoms with Gasteiger partial charge in [-0.1, -0.05) is 16.8 Å². The lowest BCUT2D eigenvalue weighted by Crippen LogP contribution is -1.86. The van der Waals surface area contributed by atoms with Crippen LogP contribution in [0.1, 0.15) is 0 Å². The van der Waals surface area contributed by atoms with Crippen LogP contribution in [-0.4, -0.2) is 20.7 Å². The molecule has 0 fully saturated rings. The van der Waals surface area contributed by atoms with Gasteiger partial charge in [-0.25, -0.2) is 8.42 Å². The second-order valence-electron chi connectivity index (χ2n) is 3.32. The minimum Gasteiger partial charge on any atom is -0.495 e. The zero-order chi connectivity index (χ0) is 13.3. The summed E-state index contributed by atoms with van der Waals surface area (Å²) in [5.74, 6) is 0.508. The van der Waals surface area contributed by atoms with Crippen LogP contribution in [0.25, 0.3) is 11.3 Å². The number of halogens is 2. The van der Waals surface area contributed by atoms with E-state index in [1.165, 1.54) is 13.2 Å². The monoisotopic (exact) mass is 307 g/mol. The highest BCUT2D eigenvalue weighted by molar-refractivity contribution is 8.13. The Morgan fingerprint density at radius 1 is 1.33 bits per heavy atom. The molecule has 2 rings (SSSR count). The number of ether oxygens (including phenoxy) is 1. The Balaban J connectivity index is 2.44. The van der Waals surface area contributed by atoms with E-state index in [0.29, 0.717) is 22.0 Å². The molecule has 96 valence electrons. The maximum absolute atomic E-state index is 11.0. The average molecular weight is 308 g/mol. The highest BCUT2D eigenvalue weighted by atomic mass is 35.7. The molecule has 1 heterocycles. The minimum atomic E-state index is -3.93. The van der Waals surface area contributed by atoms with Crippen LogP contribution in [-0.2, 0) is 9.05 Å². The SMILES string of the molecule is COc1ccc(-c2cc(S(=O)(=O)Cl)on2)cc1Cl. The number of methoxy groups -OCH3 is 1. The van der Waals surface area contributed by atoms with E-state index in [-0.39, 0.29) is 0 Å². The molecule has 0 aliphatic carbocycles. The Bertz CT molecular complexity index is 681. The van der Waals surface area contributed by atoms with Gasteiger partial charge in [0, 0.05) is 22.3 Å². The van der Waals surface area contributed by atoms with E-state index < -0.39 is 14.1 Å². The summed E-state index contributed by atoms with van der Waals surface area (Å²) < 4.78 is 31.7. The standard InChI is InChI=1S/C10H7Cl2NO4S/c1-16-9-3-2-6(4-7(9)11)8-5-10(17-13-8)18(12,14)15/h2-5H,1H3. The molecule has 0 spiro atoms. The Morgan fingerprint density at radius 2 is 2.06 bits per heavy atom. The molecule has 0 bridgehead atoms. The minimum absolute atomic E-state index is 0.318. The predicted molar refractivity (Wildman–Crippen MR) is 66.5 cm³/mol. The van der Waals surface area contributed by atoms with Crippen molar-refractivity contribution in [3.63, 3.8) is 0 Å². The van der Waals surface area contributed by atoms with Crippen molar-refractivity contribution in [2.75, 3.05) is 7.11 Å². The second-order valence-corrected chi connectivity index (χ2v) is 6.22. The van der Waals surface area contributed by atoms with Gasteiger partial charge in [-0.3, -0.25) is 0 Å². The van der Waals surface area contributed by atoms with Gasteiger partial charge in [-0.2, -0.15) is 0 Å². The molecule has 1 aromatic carbocycles. The van der Waals surface area contributed by atoms with Gasteiger partial charge in [0.1, 0.15) is 11.4 Å². The van der Waals surface area contributed by atoms with Crippen molar-refractivity contribution >= 4 is 31.3 Å². The molecule has 0 aliphatic heterocycles. The van der Waals surface area contributed by atoms with Gasteiger partial charge in [0.15, 0.2) is 0 Å². The lowest BCUT2D eigenvalue weighted by Gasteiger charge is -2.03. The Morgan fingerprint density at radius 3 is 2.56 bits per heavy atom. The molecular formula is C10H7Cl2NO4S. The number of hydrogen-bond acceptors (Lipinski definition) is 5. The first-order valence-corrected chi connectivity index (χ1v) is 7.36. The fourth-order valence-electron chi connectivity index (χ4n) is 1.34. The van der Waals surface area contributed by atoms with Crippen LogP contribution in [0, 0.1) is 0 Å². The van der Waals surface area contributed by atoms with Gasteiger partial charge < -0.3 is 9.26 Å². The van der Waals surface area contributed by atoms with E-state index in [2.05, 4.69) is 9.68 Å². The number of aromatic nitrogens is 1. The molecule has 0 saturated carbocycles. The zero-order valence-corrected chi connectivity index (χ0v) is 11.4. The first kappa shape index (κ1) is 13.2. The molecule has 0 atom stereocenters. The molecular weight excluding hydrogens is 301 g/mol. The molecule has 5 nitrogen and oxygen atoms in total. The Kier molecular flexibility index (Phi) is 3.52. The molecule has 2 aromatic rings. The van der Waals surface area contributed by atoms with Crippen molar-refractivity contribution in [1.82, 2.24) is 5.16 Å². The summed E-state index contributed by atoms with van der Waals surface area (Å²) in [6.45, 7) is 0. The predicted octanol–water partition coefficient (Wildman–Crippen LogP) is 2.93. The van der Waals surface area contributed by atoms with Gasteiger partial charge in [0.25, 0.3) is 14.1 Å². The first-order chi connectivity index (χ1) is 8.41. The summed E-state index contributed by atoms with van der Waals surface area (Å²) in [5, 5.41) is 3.58. The number of hydrogen-bond donors (Lipinski definition) is 0. The maximum atomic E-state index is 11.0. The molecule has 8 heteroatoms. The largest absolute Gasteiger partial charge is 0.495 e. The van der Waals surface area contributed by atoms with Gasteiger partial charge in [-0.05, 0) is 18.2 Å². The number of benzene rings is 1. The summed E-state index contributed by atoms with van der Waals surface area (Å²) in [7, 11) is 2.70. The molecule has 0 amide bonds. The van der Waals surface area contributed by atoms with Crippen molar-refractivity contribution in [1.29, 1.82) is 0 Å². The van der Waals surface area contributed by atoms with Crippen molar-refractivity contribution < 1.29 is 17.7 Å². The van der Waals surface area contributed by atoms with Gasteiger partial charge in [0.2, 0.25) is 0 Å². The molecule has 0 N–H and O–H groups in total. The van der Waals surface area contributed by atoms with Gasteiger partial charge >= 0.3 is 0 Å². The molecule has 0 radical (unpaired) electrons. The van der Waals surface area contributed by atoms with Crippen LogP contribution in [0.5, 0.6) is 5.75 Å². The van der Waals surface area contributed by atoms with Crippen molar-refractivity contribution in [3.8, 4) is 17.0 Å². The van der Waals surface area contributed by atoms with Crippen LogP contribution in [0.3, 0.4) is 0 Å². The second kappa shape index (κ2) is 4.79. The van der Waals surface area contributed by atoms with Crippen molar-refractivity contribution in [3.05, 3.63) is 29.3 Å². The van der Waals surface area contributed by atoms with Crippen LogP contribution in [0.2, 0.25) is 5.02 Å². The van der Waals surface area contributed by atoms with E-state index in [9.17, 15) is 8.42 Å². The average Bonchev–Trinajstić information content (AvgIpc) is 2.77. The van der Waals surface area contributed by atoms with E-state index in [1.807, 2.05) is 0 Å². The topological polar surface area (TPSA) is 69.4 Å². The van der Waals surface area contributed by atoms with E-state index in [0.717, 1.165) is 0 Å². The van der Waals surface area contributed by atoms with Crippen molar-refractivity contribution in [2.24, 2.45) is 0 Å². The third-order valence-corrected chi connectivity index (χ3v) is 3.60. The third kappa shape index (κ3) is 2.60. The van der Waals surface area contributed by atoms with Crippen molar-refractivity contribution in [2.45, 2.75) is 5.09 Å². The lowest BCUT2D eigenvalue weighted by atomic mass is 10.1. The highest BCUT2D eigenvalue weighted by Crippen LogP contribution is 2.30. The summed E-state index contributed by atoms with van der Waals surface area (Å²) in [6.07, 6.45) is 0. The van der Waals surface area contributed by atoms with Crippen LogP contribution >= 0.6 is 22.3 Å². The van der Waals surface area contributed by atoms with Gasteiger partial charge in [-0.15, -0.1) is 0 Å². The van der Waals surface area contributed by atoms with Crippen LogP contribution in [0.15, 0.2) is 33.9 Å². The molecule has 0 saturated heterocycles. The third-order valence-electron chi connectivity index (χ3n) is 2.18. The Labute approximate surface area is 113 Å². The van der Waals surface area contributed by atoms with E-state index in [4.69, 9.17) is 27.0 Å². The lowest BCUT2D eigenvalue weighted by molar-refractivity contribution is 0.343. The molecule has 0 aliphatic rings. The molecule has 18 heavy (non-hydrogen) atoms. The number of nitrogens with zero attached hydrogens (tertiary/aromatic N) is 1. The fraction of sp³-hybridized carbons (Fsp3) is 0.100. The summed E-state index contributed by atoms with van der Waals surface area (Å²) in [4.78, 5) is 0. The fourth-order valence-corrected chi connectivity index (χ4v) is 2.19. The smallest absolute Gasteiger partial charge is 0.297 e. The van der Waals surface area contributed by atoms with E-state index >= 15 is 0 Å². The highest BCUT2D eigenvalue weighted by Gasteiger charge is 2.18. The Hall–Kier alpha value is -1.24. The van der Waals surface area contributed by atoms with Gasteiger partial charge in [0.05, 0.1) is 12.1 Å². The summed E-state index contributed by atoms with van der Waals surface area (Å²) in [5.41, 5.74) is 0.912. The van der Waals surface area contributed by atoms with Crippen LogP contribution < -0.4 is 4.74 Å². The van der Waals surface area contributed by atoms with E-state index in [1.54, 1.807) is 18.2 Å². The summed E-state index contributed by atoms with van der Waals surface area (Å²) in [6, 6.07) is 6.12. The summed E-state index contributed by atoms with van der Waals surface area (Å²) >= 11 is 5.95. The maximum Gasteiger partial charge on any atom is 0.297 e. The number of rotatable bonds is 3.